The van der Waals surface area contributed by atoms with Crippen LogP contribution < -0.4 is 4.90 Å². The highest BCUT2D eigenvalue weighted by atomic mass is 19.1. The van der Waals surface area contributed by atoms with Crippen LogP contribution in [0.2, 0.25) is 0 Å². The van der Waals surface area contributed by atoms with Crippen LogP contribution in [0, 0.1) is 12.7 Å². The topological polar surface area (TPSA) is 79.5 Å². The molecule has 0 bridgehead atoms. The van der Waals surface area contributed by atoms with Crippen molar-refractivity contribution in [2.45, 2.75) is 25.8 Å². The van der Waals surface area contributed by atoms with Crippen LogP contribution in [0.15, 0.2) is 22.6 Å². The summed E-state index contributed by atoms with van der Waals surface area (Å²) >= 11 is 0. The largest absolute Gasteiger partial charge is 0.480 e. The van der Waals surface area contributed by atoms with E-state index in [1.54, 1.807) is 17.9 Å². The number of aliphatic carboxylic acids is 1. The normalized spacial score (nSPS) is 18.2. The van der Waals surface area contributed by atoms with Gasteiger partial charge in [0.2, 0.25) is 0 Å². The summed E-state index contributed by atoms with van der Waals surface area (Å²) in [5.74, 6) is -0.286. The first kappa shape index (κ1) is 13.9. The molecular weight excluding hydrogens is 301 g/mol. The predicted octanol–water partition coefficient (Wildman–Crippen LogP) is 2.88. The van der Waals surface area contributed by atoms with Gasteiger partial charge in [0.05, 0.1) is 0 Å². The van der Waals surface area contributed by atoms with Crippen LogP contribution in [0.5, 0.6) is 0 Å². The summed E-state index contributed by atoms with van der Waals surface area (Å²) in [6, 6.07) is 3.64. The minimum Gasteiger partial charge on any atom is -0.480 e. The fraction of sp³-hybridized carbons (Fsp3) is 0.312. The third-order valence-electron chi connectivity index (χ3n) is 4.18. The number of hydrogen-bond acceptors (Lipinski definition) is 5. The standard InChI is InChI=1S/C16H14FN3O3/c1-8-18-13-10-5-4-9(17)7-12(10)23-14(13)15(19-8)20-6-2-3-11(20)16(21)22/h4-5,7,11H,2-3,6H2,1H3,(H,21,22)/t11-/m0/s1. The molecule has 0 amide bonds. The van der Waals surface area contributed by atoms with Crippen LogP contribution in [0.3, 0.4) is 0 Å². The van der Waals surface area contributed by atoms with Crippen molar-refractivity contribution in [1.82, 2.24) is 9.97 Å². The molecule has 1 aliphatic rings. The zero-order chi connectivity index (χ0) is 16.1. The first-order chi connectivity index (χ1) is 11.0. The minimum absolute atomic E-state index is 0.382. The Morgan fingerprint density at radius 1 is 1.43 bits per heavy atom. The first-order valence-corrected chi connectivity index (χ1v) is 7.40. The Hall–Kier alpha value is -2.70. The number of carboxylic acids is 1. The van der Waals surface area contributed by atoms with E-state index in [1.807, 2.05) is 0 Å². The number of anilines is 1. The van der Waals surface area contributed by atoms with E-state index in [-0.39, 0.29) is 0 Å². The Balaban J connectivity index is 1.99. The molecule has 2 aromatic heterocycles. The maximum atomic E-state index is 13.4. The summed E-state index contributed by atoms with van der Waals surface area (Å²) in [6.45, 7) is 2.34. The lowest BCUT2D eigenvalue weighted by atomic mass is 10.2. The van der Waals surface area contributed by atoms with Gasteiger partial charge in [-0.15, -0.1) is 0 Å². The van der Waals surface area contributed by atoms with Crippen molar-refractivity contribution in [2.24, 2.45) is 0 Å². The van der Waals surface area contributed by atoms with E-state index < -0.39 is 17.8 Å². The molecule has 1 fully saturated rings. The van der Waals surface area contributed by atoms with Gasteiger partial charge in [0.1, 0.15) is 28.8 Å². The molecule has 0 unspecified atom stereocenters. The molecule has 4 rings (SSSR count). The van der Waals surface area contributed by atoms with Crippen molar-refractivity contribution >= 4 is 33.9 Å². The van der Waals surface area contributed by atoms with Crippen molar-refractivity contribution in [3.63, 3.8) is 0 Å². The number of hydrogen-bond donors (Lipinski definition) is 1. The summed E-state index contributed by atoms with van der Waals surface area (Å²) in [7, 11) is 0. The number of rotatable bonds is 2. The van der Waals surface area contributed by atoms with Gasteiger partial charge in [-0.3, -0.25) is 0 Å². The van der Waals surface area contributed by atoms with Gasteiger partial charge in [0.25, 0.3) is 0 Å². The lowest BCUT2D eigenvalue weighted by Gasteiger charge is -2.22. The van der Waals surface area contributed by atoms with Gasteiger partial charge in [0.15, 0.2) is 11.4 Å². The average molecular weight is 315 g/mol. The molecule has 0 saturated carbocycles. The number of benzene rings is 1. The highest BCUT2D eigenvalue weighted by Crippen LogP contribution is 2.35. The van der Waals surface area contributed by atoms with E-state index in [2.05, 4.69) is 9.97 Å². The van der Waals surface area contributed by atoms with Crippen molar-refractivity contribution in [3.8, 4) is 0 Å². The Morgan fingerprint density at radius 3 is 3.04 bits per heavy atom. The molecule has 0 spiro atoms. The molecule has 0 aliphatic carbocycles. The average Bonchev–Trinajstić information content (AvgIpc) is 3.10. The molecule has 1 aromatic carbocycles. The van der Waals surface area contributed by atoms with Gasteiger partial charge < -0.3 is 14.4 Å². The number of carboxylic acid groups (broad SMARTS) is 1. The van der Waals surface area contributed by atoms with Gasteiger partial charge in [-0.05, 0) is 31.9 Å². The summed E-state index contributed by atoms with van der Waals surface area (Å²) in [5, 5.41) is 10.1. The molecule has 1 atom stereocenters. The Kier molecular flexibility index (Phi) is 2.97. The monoisotopic (exact) mass is 315 g/mol. The zero-order valence-corrected chi connectivity index (χ0v) is 12.4. The van der Waals surface area contributed by atoms with Gasteiger partial charge in [0, 0.05) is 18.0 Å². The summed E-state index contributed by atoms with van der Waals surface area (Å²) in [6.07, 6.45) is 1.34. The van der Waals surface area contributed by atoms with E-state index in [0.717, 1.165) is 6.42 Å². The van der Waals surface area contributed by atoms with Gasteiger partial charge in [-0.25, -0.2) is 19.2 Å². The van der Waals surface area contributed by atoms with Crippen LogP contribution in [0.4, 0.5) is 10.2 Å². The van der Waals surface area contributed by atoms with Crippen molar-refractivity contribution in [3.05, 3.63) is 29.8 Å². The lowest BCUT2D eigenvalue weighted by molar-refractivity contribution is -0.138. The van der Waals surface area contributed by atoms with E-state index in [0.29, 0.717) is 46.7 Å². The van der Waals surface area contributed by atoms with Crippen molar-refractivity contribution < 1.29 is 18.7 Å². The summed E-state index contributed by atoms with van der Waals surface area (Å²) < 4.78 is 19.2. The number of aryl methyl sites for hydroxylation is 1. The fourth-order valence-electron chi connectivity index (χ4n) is 3.18. The third kappa shape index (κ3) is 2.11. The van der Waals surface area contributed by atoms with Crippen molar-refractivity contribution in [1.29, 1.82) is 0 Å². The van der Waals surface area contributed by atoms with Crippen LogP contribution >= 0.6 is 0 Å². The molecule has 0 radical (unpaired) electrons. The third-order valence-corrected chi connectivity index (χ3v) is 4.18. The van der Waals surface area contributed by atoms with Crippen LogP contribution in [0.25, 0.3) is 22.1 Å². The second kappa shape index (κ2) is 4.91. The van der Waals surface area contributed by atoms with Crippen LogP contribution in [-0.2, 0) is 4.79 Å². The van der Waals surface area contributed by atoms with E-state index >= 15 is 0 Å². The highest BCUT2D eigenvalue weighted by molar-refractivity contribution is 6.06. The smallest absolute Gasteiger partial charge is 0.326 e. The first-order valence-electron chi connectivity index (χ1n) is 7.40. The zero-order valence-electron chi connectivity index (χ0n) is 12.4. The molecule has 6 nitrogen and oxygen atoms in total. The minimum atomic E-state index is -0.880. The molecule has 3 heterocycles. The highest BCUT2D eigenvalue weighted by Gasteiger charge is 2.34. The predicted molar refractivity (Wildman–Crippen MR) is 82.0 cm³/mol. The van der Waals surface area contributed by atoms with E-state index in [1.165, 1.54) is 12.1 Å². The number of halogens is 1. The van der Waals surface area contributed by atoms with Crippen molar-refractivity contribution in [2.75, 3.05) is 11.4 Å². The van der Waals surface area contributed by atoms with Crippen LogP contribution in [0.1, 0.15) is 18.7 Å². The molecular formula is C16H14FN3O3. The van der Waals surface area contributed by atoms with Crippen LogP contribution in [-0.4, -0.2) is 33.6 Å². The molecule has 1 saturated heterocycles. The maximum Gasteiger partial charge on any atom is 0.326 e. The Labute approximate surface area is 130 Å². The number of fused-ring (bicyclic) bond motifs is 3. The quantitative estimate of drug-likeness (QED) is 0.783. The fourth-order valence-corrected chi connectivity index (χ4v) is 3.18. The molecule has 118 valence electrons. The Morgan fingerprint density at radius 2 is 2.26 bits per heavy atom. The molecule has 7 heteroatoms. The molecule has 23 heavy (non-hydrogen) atoms. The number of furan rings is 1. The maximum absolute atomic E-state index is 13.4. The SMILES string of the molecule is Cc1nc(N2CCC[C@H]2C(=O)O)c2oc3cc(F)ccc3c2n1. The number of aromatic nitrogens is 2. The van der Waals surface area contributed by atoms with Gasteiger partial charge >= 0.3 is 5.97 Å². The molecule has 3 aromatic rings. The summed E-state index contributed by atoms with van der Waals surface area (Å²) in [4.78, 5) is 22.0. The lowest BCUT2D eigenvalue weighted by Crippen LogP contribution is -2.36. The Bertz CT molecular complexity index is 937. The second-order valence-corrected chi connectivity index (χ2v) is 5.70. The van der Waals surface area contributed by atoms with Gasteiger partial charge in [-0.2, -0.15) is 0 Å². The second-order valence-electron chi connectivity index (χ2n) is 5.70. The molecule has 1 N–H and O–H groups in total. The summed E-state index contributed by atoms with van der Waals surface area (Å²) in [5.41, 5.74) is 1.37. The van der Waals surface area contributed by atoms with E-state index in [9.17, 15) is 14.3 Å². The van der Waals surface area contributed by atoms with E-state index in [4.69, 9.17) is 4.42 Å². The molecule has 1 aliphatic heterocycles. The number of carbonyl (C=O) groups is 1. The number of nitrogens with zero attached hydrogens (tertiary/aromatic N) is 3. The van der Waals surface area contributed by atoms with Gasteiger partial charge in [-0.1, -0.05) is 0 Å².